The summed E-state index contributed by atoms with van der Waals surface area (Å²) in [7, 11) is 0. The summed E-state index contributed by atoms with van der Waals surface area (Å²) >= 11 is 0. The Bertz CT molecular complexity index is 1270. The SMILES string of the molecule is C=C/C=C\CN(CC=N/C=C(\C=N)C1CCC(NC/C=C\CCC)CC1)C(/C=C(\N)c1ccccc1O)=C(N)N.CC.CCOC(=O)CC. The van der Waals surface area contributed by atoms with Gasteiger partial charge in [-0.25, -0.2) is 0 Å². The number of esters is 1. The average molecular weight is 678 g/mol. The molecule has 0 heterocycles. The van der Waals surface area contributed by atoms with Gasteiger partial charge < -0.3 is 42.7 Å². The van der Waals surface area contributed by atoms with Crippen LogP contribution < -0.4 is 22.5 Å². The minimum absolute atomic E-state index is 0.0730. The van der Waals surface area contributed by atoms with Crippen LogP contribution in [-0.2, 0) is 9.53 Å². The topological polar surface area (TPSA) is 176 Å². The van der Waals surface area contributed by atoms with Gasteiger partial charge >= 0.3 is 5.97 Å². The van der Waals surface area contributed by atoms with Gasteiger partial charge in [0.25, 0.3) is 0 Å². The van der Waals surface area contributed by atoms with Crippen molar-refractivity contribution < 1.29 is 14.6 Å². The van der Waals surface area contributed by atoms with Gasteiger partial charge in [0.15, 0.2) is 0 Å². The Hall–Kier alpha value is -4.57. The summed E-state index contributed by atoms with van der Waals surface area (Å²) < 4.78 is 4.55. The van der Waals surface area contributed by atoms with Crippen molar-refractivity contribution in [2.24, 2.45) is 28.1 Å². The Balaban J connectivity index is 0.00000227. The minimum Gasteiger partial charge on any atom is -0.507 e. The lowest BCUT2D eigenvalue weighted by Gasteiger charge is -2.29. The molecule has 9 N–H and O–H groups in total. The lowest BCUT2D eigenvalue weighted by Crippen LogP contribution is -2.33. The first-order valence-corrected chi connectivity index (χ1v) is 17.5. The molecule has 0 spiro atoms. The highest BCUT2D eigenvalue weighted by atomic mass is 16.5. The third-order valence-electron chi connectivity index (χ3n) is 7.48. The van der Waals surface area contributed by atoms with Gasteiger partial charge in [-0.3, -0.25) is 9.79 Å². The predicted octanol–water partition coefficient (Wildman–Crippen LogP) is 6.92. The van der Waals surface area contributed by atoms with Crippen molar-refractivity contribution >= 4 is 24.1 Å². The van der Waals surface area contributed by atoms with Gasteiger partial charge in [0.2, 0.25) is 0 Å². The molecule has 1 fully saturated rings. The quantitative estimate of drug-likeness (QED) is 0.0420. The summed E-state index contributed by atoms with van der Waals surface area (Å²) in [5, 5.41) is 21.8. The van der Waals surface area contributed by atoms with Gasteiger partial charge in [0.1, 0.15) is 11.6 Å². The lowest BCUT2D eigenvalue weighted by atomic mass is 9.82. The largest absolute Gasteiger partial charge is 0.507 e. The third-order valence-corrected chi connectivity index (χ3v) is 7.48. The van der Waals surface area contributed by atoms with Crippen molar-refractivity contribution in [3.63, 3.8) is 0 Å². The van der Waals surface area contributed by atoms with E-state index in [-0.39, 0.29) is 17.5 Å². The zero-order chi connectivity index (χ0) is 36.9. The van der Waals surface area contributed by atoms with E-state index in [1.54, 1.807) is 62.7 Å². The van der Waals surface area contributed by atoms with E-state index in [0.717, 1.165) is 44.2 Å². The van der Waals surface area contributed by atoms with Crippen molar-refractivity contribution in [1.82, 2.24) is 10.2 Å². The van der Waals surface area contributed by atoms with Crippen molar-refractivity contribution in [3.8, 4) is 5.75 Å². The fraction of sp³-hybridized carbons (Fsp3) is 0.462. The van der Waals surface area contributed by atoms with E-state index in [1.165, 1.54) is 12.6 Å². The molecular weight excluding hydrogens is 614 g/mol. The van der Waals surface area contributed by atoms with Gasteiger partial charge in [-0.15, -0.1) is 0 Å². The number of nitrogens with zero attached hydrogens (tertiary/aromatic N) is 2. The third kappa shape index (κ3) is 19.1. The van der Waals surface area contributed by atoms with Crippen molar-refractivity contribution in [3.05, 3.63) is 96.2 Å². The molecule has 0 radical (unpaired) electrons. The number of hydrogen-bond acceptors (Lipinski definition) is 10. The molecule has 1 aliphatic carbocycles. The maximum Gasteiger partial charge on any atom is 0.305 e. The molecule has 49 heavy (non-hydrogen) atoms. The van der Waals surface area contributed by atoms with Crippen LogP contribution in [0.5, 0.6) is 5.75 Å². The smallest absolute Gasteiger partial charge is 0.305 e. The Morgan fingerprint density at radius 2 is 1.78 bits per heavy atom. The van der Waals surface area contributed by atoms with Gasteiger partial charge in [-0.05, 0) is 68.7 Å². The number of aromatic hydroxyl groups is 1. The summed E-state index contributed by atoms with van der Waals surface area (Å²) in [5.41, 5.74) is 20.7. The first kappa shape index (κ1) is 44.4. The minimum atomic E-state index is -0.123. The summed E-state index contributed by atoms with van der Waals surface area (Å²) in [6.07, 6.45) is 23.6. The zero-order valence-electron chi connectivity index (χ0n) is 30.5. The molecule has 0 amide bonds. The van der Waals surface area contributed by atoms with Crippen molar-refractivity contribution in [2.75, 3.05) is 26.2 Å². The van der Waals surface area contributed by atoms with Gasteiger partial charge in [-0.2, -0.15) is 0 Å². The number of phenols is 1. The second-order valence-corrected chi connectivity index (χ2v) is 11.0. The number of carbonyl (C=O) groups excluding carboxylic acids is 1. The molecule has 10 heteroatoms. The number of nitrogens with one attached hydrogen (secondary N) is 2. The second-order valence-electron chi connectivity index (χ2n) is 11.0. The van der Waals surface area contributed by atoms with Crippen LogP contribution in [0.25, 0.3) is 5.70 Å². The highest BCUT2D eigenvalue weighted by Crippen LogP contribution is 2.29. The van der Waals surface area contributed by atoms with Gasteiger partial charge in [0.05, 0.1) is 18.8 Å². The molecule has 1 aromatic rings. The molecule has 0 aliphatic heterocycles. The molecular formula is C39H63N7O3. The summed E-state index contributed by atoms with van der Waals surface area (Å²) in [6, 6.07) is 7.36. The number of allylic oxidation sites excluding steroid dienone is 5. The van der Waals surface area contributed by atoms with E-state index < -0.39 is 0 Å². The predicted molar refractivity (Wildman–Crippen MR) is 208 cm³/mol. The molecule has 0 aromatic heterocycles. The number of nitrogens with two attached hydrogens (primary N) is 3. The molecule has 1 aromatic carbocycles. The Labute approximate surface area is 295 Å². The number of unbranched alkanes of at least 4 members (excludes halogenated alkanes) is 1. The van der Waals surface area contributed by atoms with Gasteiger partial charge in [-0.1, -0.05) is 83.2 Å². The van der Waals surface area contributed by atoms with E-state index in [2.05, 4.69) is 40.7 Å². The fourth-order valence-electron chi connectivity index (χ4n) is 4.90. The second kappa shape index (κ2) is 28.4. The molecule has 0 unspecified atom stereocenters. The lowest BCUT2D eigenvalue weighted by molar-refractivity contribution is -0.142. The van der Waals surface area contributed by atoms with Crippen LogP contribution in [0.4, 0.5) is 0 Å². The molecule has 0 saturated heterocycles. The molecule has 1 saturated carbocycles. The normalized spacial score (nSPS) is 16.3. The number of benzene rings is 1. The van der Waals surface area contributed by atoms with Crippen LogP contribution in [0.3, 0.4) is 0 Å². The number of aliphatic imine (C=N–C) groups is 1. The molecule has 10 nitrogen and oxygen atoms in total. The summed E-state index contributed by atoms with van der Waals surface area (Å²) in [4.78, 5) is 16.6. The summed E-state index contributed by atoms with van der Waals surface area (Å²) in [5.74, 6) is 0.387. The highest BCUT2D eigenvalue weighted by molar-refractivity contribution is 5.77. The van der Waals surface area contributed by atoms with E-state index in [0.29, 0.717) is 55.0 Å². The molecule has 0 bridgehead atoms. The zero-order valence-corrected chi connectivity index (χ0v) is 30.5. The standard InChI is InChI=1S/C32H47N7O.C5H10O2.C2H6/c1-3-5-7-10-18-38-27-16-14-25(15-17-27)26(23-33)24-37-19-21-39(20-11-6-4-2)30(32(35)36)22-29(34)28-12-8-9-13-31(28)40;1-3-5(6)7-4-2;1-2/h4,6-13,19,22-25,27,33,38,40H,2-3,5,14-18,20-21,34-36H2,1H3;3-4H2,1-2H3;1-2H3/b10-7-,11-6-,26-24+,29-22-,33-23?,37-19?;;. The molecule has 272 valence electrons. The number of para-hydroxylation sites is 1. The maximum atomic E-state index is 10.2. The van der Waals surface area contributed by atoms with E-state index in [9.17, 15) is 9.90 Å². The fourth-order valence-corrected chi connectivity index (χ4v) is 4.90. The van der Waals surface area contributed by atoms with Crippen LogP contribution in [0.1, 0.15) is 85.1 Å². The van der Waals surface area contributed by atoms with E-state index >= 15 is 0 Å². The maximum absolute atomic E-state index is 10.2. The van der Waals surface area contributed by atoms with Crippen LogP contribution >= 0.6 is 0 Å². The molecule has 2 rings (SSSR count). The van der Waals surface area contributed by atoms with Crippen molar-refractivity contribution in [2.45, 2.75) is 85.6 Å². The van der Waals surface area contributed by atoms with Crippen LogP contribution in [0.15, 0.2) is 95.6 Å². The number of ether oxygens (including phenoxy) is 1. The Kier molecular flexibility index (Phi) is 25.8. The average Bonchev–Trinajstić information content (AvgIpc) is 3.11. The highest BCUT2D eigenvalue weighted by Gasteiger charge is 2.22. The van der Waals surface area contributed by atoms with Crippen LogP contribution in [-0.4, -0.2) is 60.7 Å². The number of carbonyl (C=O) groups is 1. The summed E-state index contributed by atoms with van der Waals surface area (Å²) in [6.45, 7) is 15.8. The number of hydrogen-bond donors (Lipinski definition) is 6. The first-order valence-electron chi connectivity index (χ1n) is 17.5. The number of rotatable bonds is 18. The molecule has 0 atom stereocenters. The Morgan fingerprint density at radius 3 is 2.33 bits per heavy atom. The monoisotopic (exact) mass is 677 g/mol. The van der Waals surface area contributed by atoms with E-state index in [1.807, 2.05) is 30.9 Å². The number of phenolic OH excluding ortho intramolecular Hbond substituents is 1. The first-order chi connectivity index (χ1) is 23.7. The van der Waals surface area contributed by atoms with Crippen molar-refractivity contribution in [1.29, 1.82) is 5.41 Å². The van der Waals surface area contributed by atoms with E-state index in [4.69, 9.17) is 22.6 Å². The van der Waals surface area contributed by atoms with Crippen LogP contribution in [0, 0.1) is 11.3 Å². The van der Waals surface area contributed by atoms with Crippen LogP contribution in [0.2, 0.25) is 0 Å². The Morgan fingerprint density at radius 1 is 1.08 bits per heavy atom. The van der Waals surface area contributed by atoms with Gasteiger partial charge in [0, 0.05) is 55.4 Å². The molecule has 1 aliphatic rings.